The zero-order valence-corrected chi connectivity index (χ0v) is 24.5. The Hall–Kier alpha value is -4.12. The third-order valence-corrected chi connectivity index (χ3v) is 8.26. The molecule has 3 aromatic carbocycles. The van der Waals surface area contributed by atoms with Gasteiger partial charge in [0.25, 0.3) is 10.0 Å². The first-order valence-electron chi connectivity index (χ1n) is 13.3. The largest absolute Gasteiger partial charge is 0.497 e. The van der Waals surface area contributed by atoms with Crippen LogP contribution in [-0.2, 0) is 26.2 Å². The maximum Gasteiger partial charge on any atom is 0.264 e. The summed E-state index contributed by atoms with van der Waals surface area (Å²) >= 11 is 0. The van der Waals surface area contributed by atoms with Crippen LogP contribution in [0.1, 0.15) is 32.3 Å². The number of benzene rings is 3. The first kappa shape index (κ1) is 31.4. The Kier molecular flexibility index (Phi) is 11.1. The van der Waals surface area contributed by atoms with E-state index in [1.165, 1.54) is 67.7 Å². The minimum Gasteiger partial charge on any atom is -0.497 e. The molecule has 2 amide bonds. The first-order valence-corrected chi connectivity index (χ1v) is 14.7. The van der Waals surface area contributed by atoms with Crippen LogP contribution in [0.2, 0.25) is 0 Å². The molecule has 0 aliphatic heterocycles. The van der Waals surface area contributed by atoms with Gasteiger partial charge in [0, 0.05) is 13.1 Å². The Balaban J connectivity index is 2.08. The third kappa shape index (κ3) is 7.75. The van der Waals surface area contributed by atoms with Crippen molar-refractivity contribution in [3.63, 3.8) is 0 Å². The van der Waals surface area contributed by atoms with Gasteiger partial charge in [0.05, 0.1) is 24.8 Å². The van der Waals surface area contributed by atoms with Crippen molar-refractivity contribution >= 4 is 27.5 Å². The van der Waals surface area contributed by atoms with Crippen molar-refractivity contribution in [1.82, 2.24) is 10.2 Å². The summed E-state index contributed by atoms with van der Waals surface area (Å²) in [7, 11) is -1.41. The summed E-state index contributed by atoms with van der Waals surface area (Å²) in [5, 5.41) is 2.83. The highest BCUT2D eigenvalue weighted by Crippen LogP contribution is 2.33. The second-order valence-electron chi connectivity index (χ2n) is 9.22. The molecule has 3 aromatic rings. The van der Waals surface area contributed by atoms with E-state index in [0.717, 1.165) is 4.31 Å². The van der Waals surface area contributed by atoms with Gasteiger partial charge in [-0.15, -0.1) is 0 Å². The number of para-hydroxylation sites is 2. The molecule has 0 saturated carbocycles. The number of rotatable bonds is 14. The zero-order chi connectivity index (χ0) is 30.0. The first-order chi connectivity index (χ1) is 19.7. The molecule has 3 rings (SSSR count). The predicted octanol–water partition coefficient (Wildman–Crippen LogP) is 4.37. The van der Waals surface area contributed by atoms with E-state index in [4.69, 9.17) is 9.47 Å². The maximum atomic E-state index is 14.1. The molecule has 0 saturated heterocycles. The number of nitrogens with one attached hydrogen (secondary N) is 1. The second kappa shape index (κ2) is 14.5. The molecule has 220 valence electrons. The summed E-state index contributed by atoms with van der Waals surface area (Å²) in [5.41, 5.74) is 0.743. The predicted molar refractivity (Wildman–Crippen MR) is 155 cm³/mol. The molecule has 0 aliphatic rings. The third-order valence-electron chi connectivity index (χ3n) is 6.48. The van der Waals surface area contributed by atoms with Gasteiger partial charge in [0.2, 0.25) is 11.8 Å². The Morgan fingerprint density at radius 2 is 1.59 bits per heavy atom. The molecule has 9 nitrogen and oxygen atoms in total. The van der Waals surface area contributed by atoms with Gasteiger partial charge in [-0.1, -0.05) is 38.1 Å². The van der Waals surface area contributed by atoms with Gasteiger partial charge >= 0.3 is 0 Å². The molecule has 0 radical (unpaired) electrons. The van der Waals surface area contributed by atoms with Crippen LogP contribution in [0.3, 0.4) is 0 Å². The molecule has 11 heteroatoms. The lowest BCUT2D eigenvalue weighted by molar-refractivity contribution is -0.140. The average Bonchev–Trinajstić information content (AvgIpc) is 2.99. The van der Waals surface area contributed by atoms with Gasteiger partial charge in [-0.05, 0) is 66.9 Å². The molecule has 0 fully saturated rings. The topological polar surface area (TPSA) is 105 Å². The number of carbonyl (C=O) groups is 2. The number of hydrogen-bond acceptors (Lipinski definition) is 6. The van der Waals surface area contributed by atoms with E-state index in [9.17, 15) is 22.4 Å². The molecule has 1 N–H and O–H groups in total. The smallest absolute Gasteiger partial charge is 0.264 e. The lowest BCUT2D eigenvalue weighted by Crippen LogP contribution is -2.52. The number of halogens is 1. The number of amides is 2. The number of carbonyl (C=O) groups excluding carboxylic acids is 2. The second-order valence-corrected chi connectivity index (χ2v) is 11.1. The summed E-state index contributed by atoms with van der Waals surface area (Å²) in [5.74, 6) is -0.691. The lowest BCUT2D eigenvalue weighted by atomic mass is 10.1. The Bertz CT molecular complexity index is 1410. The summed E-state index contributed by atoms with van der Waals surface area (Å²) in [6.07, 6.45) is 0.984. The van der Waals surface area contributed by atoms with Crippen LogP contribution in [-0.4, -0.2) is 58.5 Å². The van der Waals surface area contributed by atoms with Gasteiger partial charge in [-0.25, -0.2) is 12.8 Å². The molecule has 0 unspecified atom stereocenters. The summed E-state index contributed by atoms with van der Waals surface area (Å²) in [6, 6.07) is 17.0. The van der Waals surface area contributed by atoms with E-state index in [2.05, 4.69) is 5.32 Å². The maximum absolute atomic E-state index is 14.1. The zero-order valence-electron chi connectivity index (χ0n) is 23.7. The van der Waals surface area contributed by atoms with E-state index in [1.54, 1.807) is 31.2 Å². The standard InChI is InChI=1S/C30H36FN3O6S/c1-5-19-32-30(36)26(6-2)33(20-22-11-13-23(31)14-12-22)29(35)21-34(27-9-7-8-10-28(27)40-4)41(37,38)25-17-15-24(39-3)16-18-25/h7-18,26H,5-6,19-21H2,1-4H3,(H,32,36)/t26-/m0/s1. The number of anilines is 1. The Morgan fingerprint density at radius 3 is 2.17 bits per heavy atom. The van der Waals surface area contributed by atoms with Crippen molar-refractivity contribution < 1.29 is 31.9 Å². The van der Waals surface area contributed by atoms with Crippen LogP contribution in [0, 0.1) is 5.82 Å². The van der Waals surface area contributed by atoms with Crippen molar-refractivity contribution in [2.75, 3.05) is 31.6 Å². The van der Waals surface area contributed by atoms with E-state index < -0.39 is 34.3 Å². The van der Waals surface area contributed by atoms with Crippen LogP contribution in [0.25, 0.3) is 0 Å². The lowest BCUT2D eigenvalue weighted by Gasteiger charge is -2.33. The van der Waals surface area contributed by atoms with Gasteiger partial charge in [-0.3, -0.25) is 13.9 Å². The molecule has 0 aliphatic carbocycles. The van der Waals surface area contributed by atoms with Crippen LogP contribution in [0.5, 0.6) is 11.5 Å². The van der Waals surface area contributed by atoms with Crippen molar-refractivity contribution in [1.29, 1.82) is 0 Å². The average molecular weight is 586 g/mol. The SMILES string of the molecule is CCCNC(=O)[C@H](CC)N(Cc1ccc(F)cc1)C(=O)CN(c1ccccc1OC)S(=O)(=O)c1ccc(OC)cc1. The minimum atomic E-state index is -4.29. The van der Waals surface area contributed by atoms with E-state index in [0.29, 0.717) is 24.3 Å². The highest BCUT2D eigenvalue weighted by atomic mass is 32.2. The van der Waals surface area contributed by atoms with Crippen molar-refractivity contribution in [3.05, 3.63) is 84.2 Å². The van der Waals surface area contributed by atoms with Crippen LogP contribution in [0.4, 0.5) is 10.1 Å². The van der Waals surface area contributed by atoms with E-state index >= 15 is 0 Å². The monoisotopic (exact) mass is 585 g/mol. The molecule has 0 spiro atoms. The molecular weight excluding hydrogens is 549 g/mol. The summed E-state index contributed by atoms with van der Waals surface area (Å²) in [4.78, 5) is 28.5. The van der Waals surface area contributed by atoms with Crippen molar-refractivity contribution in [3.8, 4) is 11.5 Å². The van der Waals surface area contributed by atoms with Gasteiger partial charge in [0.15, 0.2) is 0 Å². The molecule has 41 heavy (non-hydrogen) atoms. The molecular formula is C30H36FN3O6S. The van der Waals surface area contributed by atoms with Crippen LogP contribution >= 0.6 is 0 Å². The Labute approximate surface area is 240 Å². The fourth-order valence-corrected chi connectivity index (χ4v) is 5.72. The van der Waals surface area contributed by atoms with Crippen LogP contribution in [0.15, 0.2) is 77.7 Å². The molecule has 0 bridgehead atoms. The normalized spacial score (nSPS) is 11.8. The van der Waals surface area contributed by atoms with Gasteiger partial charge in [-0.2, -0.15) is 0 Å². The fraction of sp³-hybridized carbons (Fsp3) is 0.333. The van der Waals surface area contributed by atoms with E-state index in [-0.39, 0.29) is 35.2 Å². The quantitative estimate of drug-likeness (QED) is 0.301. The van der Waals surface area contributed by atoms with E-state index in [1.807, 2.05) is 6.92 Å². The number of ether oxygens (including phenoxy) is 2. The Morgan fingerprint density at radius 1 is 0.927 bits per heavy atom. The number of methoxy groups -OCH3 is 2. The van der Waals surface area contributed by atoms with Crippen molar-refractivity contribution in [2.24, 2.45) is 0 Å². The molecule has 1 atom stereocenters. The molecule has 0 aromatic heterocycles. The highest BCUT2D eigenvalue weighted by Gasteiger charge is 2.34. The van der Waals surface area contributed by atoms with Gasteiger partial charge in [0.1, 0.15) is 29.9 Å². The van der Waals surface area contributed by atoms with Crippen LogP contribution < -0.4 is 19.1 Å². The van der Waals surface area contributed by atoms with Crippen molar-refractivity contribution in [2.45, 2.75) is 44.2 Å². The highest BCUT2D eigenvalue weighted by molar-refractivity contribution is 7.92. The summed E-state index contributed by atoms with van der Waals surface area (Å²) < 4.78 is 53.2. The number of nitrogens with zero attached hydrogens (tertiary/aromatic N) is 2. The summed E-state index contributed by atoms with van der Waals surface area (Å²) in [6.45, 7) is 3.46. The van der Waals surface area contributed by atoms with Gasteiger partial charge < -0.3 is 19.7 Å². The number of sulfonamides is 1. The number of hydrogen-bond donors (Lipinski definition) is 1. The minimum absolute atomic E-state index is 0.0283. The molecule has 0 heterocycles. The fourth-order valence-electron chi connectivity index (χ4n) is 4.30.